The Morgan fingerprint density at radius 3 is 2.64 bits per heavy atom. The molecule has 0 amide bonds. The number of oxazole rings is 1. The molecule has 4 saturated carbocycles. The number of aliphatic hydroxyl groups excluding tert-OH is 3. The highest BCUT2D eigenvalue weighted by Crippen LogP contribution is 2.59. The predicted molar refractivity (Wildman–Crippen MR) is 141 cm³/mol. The zero-order valence-corrected chi connectivity index (χ0v) is 22.1. The Kier molecular flexibility index (Phi) is 6.95. The van der Waals surface area contributed by atoms with Crippen LogP contribution in [0, 0.1) is 30.1 Å². The minimum absolute atomic E-state index is 0.247. The van der Waals surface area contributed by atoms with Gasteiger partial charge in [-0.25, -0.2) is 4.98 Å². The average molecular weight is 494 g/mol. The van der Waals surface area contributed by atoms with E-state index >= 15 is 0 Å². The van der Waals surface area contributed by atoms with Crippen LogP contribution in [0.25, 0.3) is 0 Å². The number of aryl methyl sites for hydroxylation is 1. The van der Waals surface area contributed by atoms with Gasteiger partial charge in [0.1, 0.15) is 6.26 Å². The van der Waals surface area contributed by atoms with Crippen LogP contribution in [0.2, 0.25) is 0 Å². The second-order valence-corrected chi connectivity index (χ2v) is 12.3. The molecule has 7 atom stereocenters. The lowest BCUT2D eigenvalue weighted by molar-refractivity contribution is 0.0862. The van der Waals surface area contributed by atoms with Crippen LogP contribution in [-0.2, 0) is 5.41 Å². The van der Waals surface area contributed by atoms with Crippen molar-refractivity contribution in [1.29, 1.82) is 0 Å². The highest BCUT2D eigenvalue weighted by Gasteiger charge is 2.54. The lowest BCUT2D eigenvalue weighted by Crippen LogP contribution is -2.35. The van der Waals surface area contributed by atoms with Gasteiger partial charge < -0.3 is 19.7 Å². The minimum atomic E-state index is -0.642. The first-order valence-electron chi connectivity index (χ1n) is 13.9. The number of hydrogen-bond acceptors (Lipinski definition) is 5. The van der Waals surface area contributed by atoms with Gasteiger partial charge in [-0.3, -0.25) is 0 Å². The maximum Gasteiger partial charge on any atom is 0.203 e. The molecule has 0 spiro atoms. The zero-order valence-electron chi connectivity index (χ0n) is 22.1. The molecule has 1 aromatic heterocycles. The van der Waals surface area contributed by atoms with E-state index in [1.807, 2.05) is 13.0 Å². The van der Waals surface area contributed by atoms with Crippen molar-refractivity contribution < 1.29 is 19.7 Å². The van der Waals surface area contributed by atoms with E-state index in [0.717, 1.165) is 36.1 Å². The van der Waals surface area contributed by atoms with Gasteiger partial charge in [0.15, 0.2) is 0 Å². The molecule has 3 N–H and O–H groups in total. The number of allylic oxidation sites excluding steroid dienone is 4. The van der Waals surface area contributed by atoms with Crippen molar-refractivity contribution in [3.63, 3.8) is 0 Å². The fourth-order valence-corrected chi connectivity index (χ4v) is 7.56. The monoisotopic (exact) mass is 493 g/mol. The first kappa shape index (κ1) is 25.7. The van der Waals surface area contributed by atoms with Crippen molar-refractivity contribution in [2.24, 2.45) is 23.2 Å². The molecular weight excluding hydrogens is 450 g/mol. The van der Waals surface area contributed by atoms with Crippen LogP contribution >= 0.6 is 0 Å². The summed E-state index contributed by atoms with van der Waals surface area (Å²) in [6.07, 6.45) is 17.3. The Labute approximate surface area is 215 Å². The molecule has 1 aromatic rings. The standard InChI is InChI=1S/C31H43NO4/c1-19(7-12-28(35)31(14-15-31)29-32-20(2)18-36-29)25-10-11-26-22(6-5-13-30(25,26)4)8-9-23-16-24(33)17-27(34)21(23)3/h7-9,12,18-19,24-28,33-35H,3,5-6,10-11,13-17H2,1-2,4H3/t19-,24-,25-,26+,27+,28+,30-/m1/s1. The Morgan fingerprint density at radius 2 is 1.94 bits per heavy atom. The normalized spacial score (nSPS) is 38.0. The van der Waals surface area contributed by atoms with E-state index in [1.165, 1.54) is 31.3 Å². The smallest absolute Gasteiger partial charge is 0.203 e. The molecule has 0 aromatic carbocycles. The largest absolute Gasteiger partial charge is 0.448 e. The van der Waals surface area contributed by atoms with Gasteiger partial charge in [0, 0.05) is 6.42 Å². The van der Waals surface area contributed by atoms with Crippen molar-refractivity contribution in [2.45, 2.75) is 102 Å². The molecule has 0 saturated heterocycles. The van der Waals surface area contributed by atoms with Crippen molar-refractivity contribution in [3.05, 3.63) is 65.5 Å². The molecule has 4 fully saturated rings. The molecule has 5 rings (SSSR count). The third-order valence-electron chi connectivity index (χ3n) is 9.93. The zero-order chi connectivity index (χ0) is 25.7. The van der Waals surface area contributed by atoms with E-state index in [-0.39, 0.29) is 10.8 Å². The van der Waals surface area contributed by atoms with Crippen LogP contribution in [0.5, 0.6) is 0 Å². The maximum atomic E-state index is 11.0. The molecule has 4 aliphatic rings. The van der Waals surface area contributed by atoms with Crippen molar-refractivity contribution in [3.8, 4) is 0 Å². The topological polar surface area (TPSA) is 86.7 Å². The molecule has 0 bridgehead atoms. The van der Waals surface area contributed by atoms with Crippen LogP contribution in [0.4, 0.5) is 0 Å². The molecule has 196 valence electrons. The summed E-state index contributed by atoms with van der Waals surface area (Å²) in [4.78, 5) is 4.50. The molecule has 1 heterocycles. The summed E-state index contributed by atoms with van der Waals surface area (Å²) in [7, 11) is 0. The fourth-order valence-electron chi connectivity index (χ4n) is 7.56. The number of fused-ring (bicyclic) bond motifs is 1. The van der Waals surface area contributed by atoms with Crippen LogP contribution in [-0.4, -0.2) is 38.6 Å². The first-order chi connectivity index (χ1) is 17.1. The lowest BCUT2D eigenvalue weighted by Gasteiger charge is -2.44. The highest BCUT2D eigenvalue weighted by atomic mass is 16.3. The summed E-state index contributed by atoms with van der Waals surface area (Å²) in [5.41, 5.74) is 4.01. The summed E-state index contributed by atoms with van der Waals surface area (Å²) < 4.78 is 5.65. The average Bonchev–Trinajstić information content (AvgIpc) is 3.41. The Bertz CT molecular complexity index is 1080. The van der Waals surface area contributed by atoms with Gasteiger partial charge in [-0.15, -0.1) is 0 Å². The van der Waals surface area contributed by atoms with E-state index in [0.29, 0.717) is 36.5 Å². The minimum Gasteiger partial charge on any atom is -0.448 e. The molecule has 5 heteroatoms. The number of aromatic nitrogens is 1. The van der Waals surface area contributed by atoms with E-state index in [1.54, 1.807) is 6.26 Å². The van der Waals surface area contributed by atoms with E-state index < -0.39 is 18.3 Å². The number of aliphatic hydroxyl groups is 3. The number of hydrogen-bond donors (Lipinski definition) is 3. The quantitative estimate of drug-likeness (QED) is 0.442. The van der Waals surface area contributed by atoms with E-state index in [4.69, 9.17) is 4.42 Å². The van der Waals surface area contributed by atoms with Gasteiger partial charge in [-0.05, 0) is 92.6 Å². The summed E-state index contributed by atoms with van der Waals surface area (Å²) in [5, 5.41) is 31.3. The summed E-state index contributed by atoms with van der Waals surface area (Å²) in [6.45, 7) is 10.8. The van der Waals surface area contributed by atoms with Crippen molar-refractivity contribution >= 4 is 0 Å². The Balaban J connectivity index is 1.29. The van der Waals surface area contributed by atoms with Crippen molar-refractivity contribution in [2.75, 3.05) is 0 Å². The lowest BCUT2D eigenvalue weighted by atomic mass is 9.61. The van der Waals surface area contributed by atoms with Gasteiger partial charge in [-0.1, -0.05) is 50.3 Å². The number of rotatable bonds is 6. The van der Waals surface area contributed by atoms with E-state index in [2.05, 4.69) is 43.6 Å². The molecule has 0 aliphatic heterocycles. The third-order valence-corrected chi connectivity index (χ3v) is 9.93. The second-order valence-electron chi connectivity index (χ2n) is 12.3. The molecule has 36 heavy (non-hydrogen) atoms. The van der Waals surface area contributed by atoms with Crippen molar-refractivity contribution in [1.82, 2.24) is 4.98 Å². The molecule has 4 aliphatic carbocycles. The van der Waals surface area contributed by atoms with Crippen LogP contribution in [0.3, 0.4) is 0 Å². The van der Waals surface area contributed by atoms with Gasteiger partial charge in [0.2, 0.25) is 5.89 Å². The van der Waals surface area contributed by atoms with Crippen LogP contribution in [0.15, 0.2) is 58.3 Å². The van der Waals surface area contributed by atoms with Crippen LogP contribution < -0.4 is 0 Å². The van der Waals surface area contributed by atoms with Gasteiger partial charge in [0.05, 0.1) is 29.4 Å². The first-order valence-corrected chi connectivity index (χ1v) is 13.9. The summed E-state index contributed by atoms with van der Waals surface area (Å²) in [6, 6.07) is 0. The SMILES string of the molecule is C=C1C(=CC=C2CCC[C@]3(C)[C@@H]([C@H](C)C=C[C@H](O)C4(c5nc(C)co5)CC4)CC[C@@H]23)C[C@@H](O)C[C@@H]1O. The highest BCUT2D eigenvalue weighted by molar-refractivity contribution is 5.38. The summed E-state index contributed by atoms with van der Waals surface area (Å²) in [5.74, 6) is 2.20. The predicted octanol–water partition coefficient (Wildman–Crippen LogP) is 5.71. The van der Waals surface area contributed by atoms with Crippen LogP contribution in [0.1, 0.15) is 83.2 Å². The van der Waals surface area contributed by atoms with Gasteiger partial charge in [0.25, 0.3) is 0 Å². The Morgan fingerprint density at radius 1 is 1.17 bits per heavy atom. The maximum absolute atomic E-state index is 11.0. The molecule has 5 nitrogen and oxygen atoms in total. The summed E-state index contributed by atoms with van der Waals surface area (Å²) >= 11 is 0. The second kappa shape index (κ2) is 9.74. The van der Waals surface area contributed by atoms with Gasteiger partial charge >= 0.3 is 0 Å². The molecule has 0 radical (unpaired) electrons. The molecule has 0 unspecified atom stereocenters. The molecular formula is C31H43NO4. The fraction of sp³-hybridized carbons (Fsp3) is 0.645. The van der Waals surface area contributed by atoms with Gasteiger partial charge in [-0.2, -0.15) is 0 Å². The Hall–Kier alpha value is -1.95. The number of nitrogens with zero attached hydrogens (tertiary/aromatic N) is 1. The van der Waals surface area contributed by atoms with E-state index in [9.17, 15) is 15.3 Å². The third kappa shape index (κ3) is 4.59.